The van der Waals surface area contributed by atoms with E-state index in [4.69, 9.17) is 4.74 Å². The summed E-state index contributed by atoms with van der Waals surface area (Å²) in [7, 11) is 5.61. The van der Waals surface area contributed by atoms with Crippen molar-refractivity contribution in [2.75, 3.05) is 30.9 Å². The van der Waals surface area contributed by atoms with E-state index >= 15 is 0 Å². The number of nitrogens with zero attached hydrogens (tertiary/aromatic N) is 4. The highest BCUT2D eigenvalue weighted by molar-refractivity contribution is 6.00. The van der Waals surface area contributed by atoms with Crippen LogP contribution in [-0.4, -0.2) is 42.4 Å². The number of nitriles is 1. The van der Waals surface area contributed by atoms with Gasteiger partial charge in [-0.1, -0.05) is 12.1 Å². The van der Waals surface area contributed by atoms with Crippen LogP contribution in [0.15, 0.2) is 29.8 Å². The third-order valence-electron chi connectivity index (χ3n) is 4.17. The molecule has 0 unspecified atom stereocenters. The molecule has 1 amide bonds. The number of hydrogen-bond donors (Lipinski definition) is 1. The van der Waals surface area contributed by atoms with Crippen molar-refractivity contribution in [3.8, 4) is 6.07 Å². The number of nitrogens with one attached hydrogen (secondary N) is 1. The summed E-state index contributed by atoms with van der Waals surface area (Å²) in [5.41, 5.74) is 3.54. The minimum Gasteiger partial charge on any atom is -0.451 e. The normalized spacial score (nSPS) is 10.9. The minimum absolute atomic E-state index is 0.181. The molecule has 1 heterocycles. The zero-order chi connectivity index (χ0) is 20.8. The van der Waals surface area contributed by atoms with Crippen LogP contribution in [0.1, 0.15) is 17.0 Å². The molecule has 1 aromatic carbocycles. The lowest BCUT2D eigenvalue weighted by atomic mass is 10.1. The zero-order valence-electron chi connectivity index (χ0n) is 16.6. The maximum atomic E-state index is 12.1. The van der Waals surface area contributed by atoms with Gasteiger partial charge in [-0.15, -0.1) is 0 Å². The molecule has 2 aromatic rings. The van der Waals surface area contributed by atoms with Gasteiger partial charge in [0.15, 0.2) is 6.61 Å². The molecule has 2 rings (SSSR count). The number of amides is 1. The van der Waals surface area contributed by atoms with Crippen LogP contribution in [0.5, 0.6) is 0 Å². The highest BCUT2D eigenvalue weighted by atomic mass is 16.5. The van der Waals surface area contributed by atoms with Gasteiger partial charge in [0.1, 0.15) is 11.6 Å². The Morgan fingerprint density at radius 1 is 1.29 bits per heavy atom. The van der Waals surface area contributed by atoms with Crippen molar-refractivity contribution in [3.05, 3.63) is 46.8 Å². The summed E-state index contributed by atoms with van der Waals surface area (Å²) in [4.78, 5) is 26.1. The van der Waals surface area contributed by atoms with Crippen LogP contribution < -0.4 is 10.2 Å². The van der Waals surface area contributed by atoms with Crippen molar-refractivity contribution in [2.45, 2.75) is 13.8 Å². The second-order valence-electron chi connectivity index (χ2n) is 6.45. The van der Waals surface area contributed by atoms with Crippen molar-refractivity contribution in [3.63, 3.8) is 0 Å². The van der Waals surface area contributed by atoms with Crippen molar-refractivity contribution in [2.24, 2.45) is 7.05 Å². The number of ether oxygens (including phenoxy) is 1. The lowest BCUT2D eigenvalue weighted by Gasteiger charge is -2.11. The summed E-state index contributed by atoms with van der Waals surface area (Å²) in [6.45, 7) is 3.09. The first-order valence-corrected chi connectivity index (χ1v) is 8.59. The molecule has 0 aliphatic rings. The lowest BCUT2D eigenvalue weighted by molar-refractivity contribution is -0.142. The molecule has 8 nitrogen and oxygen atoms in total. The van der Waals surface area contributed by atoms with Crippen LogP contribution >= 0.6 is 0 Å². The summed E-state index contributed by atoms with van der Waals surface area (Å²) >= 11 is 0. The molecule has 0 aliphatic heterocycles. The van der Waals surface area contributed by atoms with Gasteiger partial charge < -0.3 is 15.0 Å². The summed E-state index contributed by atoms with van der Waals surface area (Å²) in [6.07, 6.45) is 1.43. The summed E-state index contributed by atoms with van der Waals surface area (Å²) < 4.78 is 6.62. The second kappa shape index (κ2) is 8.86. The average molecular weight is 381 g/mol. The second-order valence-corrected chi connectivity index (χ2v) is 6.45. The predicted octanol–water partition coefficient (Wildman–Crippen LogP) is 2.19. The van der Waals surface area contributed by atoms with E-state index in [-0.39, 0.29) is 5.57 Å². The van der Waals surface area contributed by atoms with Crippen molar-refractivity contribution in [1.29, 1.82) is 5.26 Å². The first-order chi connectivity index (χ1) is 13.2. The Balaban J connectivity index is 2.00. The SMILES string of the molecule is Cc1nn(C)c(C)c1NC(=O)COC(=O)/C(C#N)=C/c1ccc(N(C)C)cc1. The van der Waals surface area contributed by atoms with Crippen LogP contribution in [0.25, 0.3) is 6.08 Å². The van der Waals surface area contributed by atoms with Gasteiger partial charge in [-0.25, -0.2) is 4.79 Å². The van der Waals surface area contributed by atoms with Crippen LogP contribution in [-0.2, 0) is 21.4 Å². The number of aromatic nitrogens is 2. The Morgan fingerprint density at radius 3 is 2.43 bits per heavy atom. The molecule has 0 aliphatic carbocycles. The highest BCUT2D eigenvalue weighted by Gasteiger charge is 2.16. The number of benzene rings is 1. The first kappa shape index (κ1) is 20.7. The molecule has 8 heteroatoms. The van der Waals surface area contributed by atoms with E-state index in [0.29, 0.717) is 16.9 Å². The number of carbonyl (C=O) groups is 2. The first-order valence-electron chi connectivity index (χ1n) is 8.59. The molecule has 0 fully saturated rings. The highest BCUT2D eigenvalue weighted by Crippen LogP contribution is 2.18. The fourth-order valence-corrected chi connectivity index (χ4v) is 2.51. The van der Waals surface area contributed by atoms with E-state index in [2.05, 4.69) is 10.4 Å². The van der Waals surface area contributed by atoms with Crippen molar-refractivity contribution in [1.82, 2.24) is 9.78 Å². The Morgan fingerprint density at radius 2 is 1.93 bits per heavy atom. The quantitative estimate of drug-likeness (QED) is 0.468. The third-order valence-corrected chi connectivity index (χ3v) is 4.17. The maximum absolute atomic E-state index is 12.1. The molecule has 1 N–H and O–H groups in total. The van der Waals surface area contributed by atoms with Gasteiger partial charge in [0.05, 0.1) is 17.1 Å². The van der Waals surface area contributed by atoms with Crippen LogP contribution in [0.3, 0.4) is 0 Å². The molecule has 0 radical (unpaired) electrons. The number of carbonyl (C=O) groups excluding carboxylic acids is 2. The number of anilines is 2. The molecule has 0 saturated carbocycles. The van der Waals surface area contributed by atoms with Gasteiger partial charge in [-0.2, -0.15) is 10.4 Å². The van der Waals surface area contributed by atoms with Crippen molar-refractivity contribution < 1.29 is 14.3 Å². The van der Waals surface area contributed by atoms with Gasteiger partial charge in [0, 0.05) is 26.8 Å². The van der Waals surface area contributed by atoms with Crippen molar-refractivity contribution >= 4 is 29.3 Å². The van der Waals surface area contributed by atoms with E-state index in [9.17, 15) is 14.9 Å². The third kappa shape index (κ3) is 4.98. The standard InChI is InChI=1S/C20H23N5O3/c1-13-19(14(2)25(5)23-13)22-18(26)12-28-20(27)16(11-21)10-15-6-8-17(9-7-15)24(3)4/h6-10H,12H2,1-5H3,(H,22,26)/b16-10+. The number of hydrogen-bond acceptors (Lipinski definition) is 6. The average Bonchev–Trinajstić information content (AvgIpc) is 2.90. The minimum atomic E-state index is -0.853. The van der Waals surface area contributed by atoms with E-state index in [0.717, 1.165) is 11.4 Å². The topological polar surface area (TPSA) is 100 Å². The van der Waals surface area contributed by atoms with E-state index in [1.54, 1.807) is 30.8 Å². The summed E-state index contributed by atoms with van der Waals surface area (Å²) in [5, 5.41) is 16.1. The predicted molar refractivity (Wildman–Crippen MR) is 107 cm³/mol. The van der Waals surface area contributed by atoms with E-state index in [1.165, 1.54) is 6.08 Å². The molecule has 0 spiro atoms. The number of rotatable bonds is 6. The zero-order valence-corrected chi connectivity index (χ0v) is 16.6. The Kier molecular flexibility index (Phi) is 6.55. The molecule has 0 saturated heterocycles. The maximum Gasteiger partial charge on any atom is 0.349 e. The van der Waals surface area contributed by atoms with Crippen LogP contribution in [0, 0.1) is 25.2 Å². The fourth-order valence-electron chi connectivity index (χ4n) is 2.51. The van der Waals surface area contributed by atoms with Gasteiger partial charge >= 0.3 is 5.97 Å². The van der Waals surface area contributed by atoms with Gasteiger partial charge in [-0.05, 0) is 37.6 Å². The Labute approximate surface area is 164 Å². The molecular formula is C20H23N5O3. The molecule has 28 heavy (non-hydrogen) atoms. The largest absolute Gasteiger partial charge is 0.451 e. The van der Waals surface area contributed by atoms with Crippen LogP contribution in [0.2, 0.25) is 0 Å². The fraction of sp³-hybridized carbons (Fsp3) is 0.300. The number of esters is 1. The molecular weight excluding hydrogens is 358 g/mol. The molecule has 0 atom stereocenters. The van der Waals surface area contributed by atoms with Gasteiger partial charge in [0.2, 0.25) is 0 Å². The monoisotopic (exact) mass is 381 g/mol. The summed E-state index contributed by atoms with van der Waals surface area (Å²) in [5.74, 6) is -1.35. The van der Waals surface area contributed by atoms with Gasteiger partial charge in [0.25, 0.3) is 5.91 Å². The smallest absolute Gasteiger partial charge is 0.349 e. The Hall–Kier alpha value is -3.60. The Bertz CT molecular complexity index is 949. The van der Waals surface area contributed by atoms with E-state index in [1.807, 2.05) is 44.1 Å². The summed E-state index contributed by atoms with van der Waals surface area (Å²) in [6, 6.07) is 9.14. The molecule has 0 bridgehead atoms. The van der Waals surface area contributed by atoms with E-state index < -0.39 is 18.5 Å². The lowest BCUT2D eigenvalue weighted by Crippen LogP contribution is -2.22. The van der Waals surface area contributed by atoms with Crippen LogP contribution in [0.4, 0.5) is 11.4 Å². The van der Waals surface area contributed by atoms with Gasteiger partial charge in [-0.3, -0.25) is 9.48 Å². The molecule has 1 aromatic heterocycles. The molecule has 146 valence electrons. The number of aryl methyl sites for hydroxylation is 2.